The van der Waals surface area contributed by atoms with Crippen LogP contribution in [0, 0.1) is 0 Å². The first kappa shape index (κ1) is 12.3. The molecule has 3 nitrogen and oxygen atoms in total. The van der Waals surface area contributed by atoms with E-state index in [0.29, 0.717) is 6.42 Å². The predicted molar refractivity (Wildman–Crippen MR) is 70.3 cm³/mol. The molecule has 5 heteroatoms. The smallest absolute Gasteiger partial charge is 0.311 e. The Morgan fingerprint density at radius 3 is 2.94 bits per heavy atom. The third-order valence-corrected chi connectivity index (χ3v) is 3.73. The van der Waals surface area contributed by atoms with Gasteiger partial charge in [-0.3, -0.25) is 9.78 Å². The Bertz CT molecular complexity index is 513. The van der Waals surface area contributed by atoms with E-state index < -0.39 is 11.9 Å². The van der Waals surface area contributed by atoms with E-state index in [4.69, 9.17) is 0 Å². The lowest BCUT2D eigenvalue weighted by Gasteiger charge is -2.11. The van der Waals surface area contributed by atoms with E-state index in [-0.39, 0.29) is 0 Å². The fourth-order valence-corrected chi connectivity index (χ4v) is 2.67. The van der Waals surface area contributed by atoms with Gasteiger partial charge >= 0.3 is 5.97 Å². The highest BCUT2D eigenvalue weighted by atomic mass is 79.9. The van der Waals surface area contributed by atoms with Gasteiger partial charge in [-0.25, -0.2) is 0 Å². The zero-order valence-electron chi connectivity index (χ0n) is 8.84. The van der Waals surface area contributed by atoms with Gasteiger partial charge in [0.15, 0.2) is 0 Å². The third kappa shape index (κ3) is 3.14. The lowest BCUT2D eigenvalue weighted by Crippen LogP contribution is -2.13. The molecule has 1 aromatic carbocycles. The summed E-state index contributed by atoms with van der Waals surface area (Å²) in [7, 11) is 0. The molecule has 0 saturated carbocycles. The van der Waals surface area contributed by atoms with Crippen LogP contribution in [0.15, 0.2) is 40.4 Å². The summed E-state index contributed by atoms with van der Waals surface area (Å²) in [5.41, 5.74) is 2.52. The number of hydrogen-bond acceptors (Lipinski definition) is 3. The van der Waals surface area contributed by atoms with Crippen LogP contribution in [0.25, 0.3) is 0 Å². The Labute approximate surface area is 111 Å². The van der Waals surface area contributed by atoms with Crippen molar-refractivity contribution in [2.24, 2.45) is 0 Å². The van der Waals surface area contributed by atoms with Gasteiger partial charge in [-0.1, -0.05) is 28.1 Å². The van der Waals surface area contributed by atoms with Crippen molar-refractivity contribution in [2.75, 3.05) is 0 Å². The van der Waals surface area contributed by atoms with E-state index >= 15 is 0 Å². The van der Waals surface area contributed by atoms with Crippen molar-refractivity contribution in [3.63, 3.8) is 0 Å². The summed E-state index contributed by atoms with van der Waals surface area (Å²) >= 11 is 4.84. The number of carboxylic acid groups (broad SMARTS) is 1. The van der Waals surface area contributed by atoms with Crippen LogP contribution in [0.3, 0.4) is 0 Å². The van der Waals surface area contributed by atoms with E-state index in [1.54, 1.807) is 11.7 Å². The monoisotopic (exact) mass is 311 g/mol. The van der Waals surface area contributed by atoms with Crippen LogP contribution < -0.4 is 0 Å². The molecule has 0 aliphatic carbocycles. The maximum Gasteiger partial charge on any atom is 0.311 e. The van der Waals surface area contributed by atoms with Crippen LogP contribution >= 0.6 is 27.3 Å². The molecule has 0 amide bonds. The predicted octanol–water partition coefficient (Wildman–Crippen LogP) is 3.32. The standard InChI is InChI=1S/C12H10BrNO2S/c13-9-3-1-2-8(4-9)11(12(15)16)5-10-6-14-7-17-10/h1-4,6-7,11H,5H2,(H,15,16). The van der Waals surface area contributed by atoms with Gasteiger partial charge in [0, 0.05) is 22.0 Å². The Kier molecular flexibility index (Phi) is 3.91. The highest BCUT2D eigenvalue weighted by Crippen LogP contribution is 2.25. The molecule has 2 rings (SSSR count). The molecule has 1 atom stereocenters. The number of aromatic nitrogens is 1. The summed E-state index contributed by atoms with van der Waals surface area (Å²) in [4.78, 5) is 16.3. The Hall–Kier alpha value is -1.20. The maximum atomic E-state index is 11.3. The molecule has 0 radical (unpaired) electrons. The summed E-state index contributed by atoms with van der Waals surface area (Å²) in [5, 5.41) is 9.29. The summed E-state index contributed by atoms with van der Waals surface area (Å²) in [6.45, 7) is 0. The lowest BCUT2D eigenvalue weighted by molar-refractivity contribution is -0.138. The molecule has 1 unspecified atom stereocenters. The molecule has 0 bridgehead atoms. The minimum Gasteiger partial charge on any atom is -0.481 e. The first-order valence-electron chi connectivity index (χ1n) is 5.02. The van der Waals surface area contributed by atoms with Gasteiger partial charge < -0.3 is 5.11 Å². The van der Waals surface area contributed by atoms with Crippen molar-refractivity contribution in [2.45, 2.75) is 12.3 Å². The average molecular weight is 312 g/mol. The van der Waals surface area contributed by atoms with Gasteiger partial charge in [-0.2, -0.15) is 0 Å². The van der Waals surface area contributed by atoms with E-state index in [9.17, 15) is 9.90 Å². The number of carboxylic acids is 1. The van der Waals surface area contributed by atoms with Gasteiger partial charge in [0.1, 0.15) is 0 Å². The van der Waals surface area contributed by atoms with Crippen LogP contribution in [-0.2, 0) is 11.2 Å². The first-order chi connectivity index (χ1) is 8.16. The van der Waals surface area contributed by atoms with Crippen molar-refractivity contribution in [3.05, 3.63) is 50.9 Å². The number of nitrogens with zero attached hydrogens (tertiary/aromatic N) is 1. The second kappa shape index (κ2) is 5.42. The quantitative estimate of drug-likeness (QED) is 0.942. The first-order valence-corrected chi connectivity index (χ1v) is 6.69. The minimum absolute atomic E-state index is 0.483. The van der Waals surface area contributed by atoms with Crippen LogP contribution in [0.1, 0.15) is 16.4 Å². The summed E-state index contributed by atoms with van der Waals surface area (Å²) in [6, 6.07) is 7.42. The van der Waals surface area contributed by atoms with Crippen molar-refractivity contribution in [1.29, 1.82) is 0 Å². The number of aliphatic carboxylic acids is 1. The molecule has 0 saturated heterocycles. The van der Waals surface area contributed by atoms with E-state index in [2.05, 4.69) is 20.9 Å². The maximum absolute atomic E-state index is 11.3. The number of thiazole rings is 1. The lowest BCUT2D eigenvalue weighted by atomic mass is 9.95. The number of benzene rings is 1. The molecule has 1 N–H and O–H groups in total. The highest BCUT2D eigenvalue weighted by molar-refractivity contribution is 9.10. The van der Waals surface area contributed by atoms with Gasteiger partial charge in [-0.15, -0.1) is 11.3 Å². The minimum atomic E-state index is -0.809. The molecule has 0 aliphatic heterocycles. The second-order valence-electron chi connectivity index (χ2n) is 3.62. The summed E-state index contributed by atoms with van der Waals surface area (Å²) in [6.07, 6.45) is 2.20. The Morgan fingerprint density at radius 1 is 1.53 bits per heavy atom. The SMILES string of the molecule is O=C(O)C(Cc1cncs1)c1cccc(Br)c1. The highest BCUT2D eigenvalue weighted by Gasteiger charge is 2.21. The van der Waals surface area contributed by atoms with Crippen LogP contribution in [0.5, 0.6) is 0 Å². The summed E-state index contributed by atoms with van der Waals surface area (Å²) in [5.74, 6) is -1.33. The fourth-order valence-electron chi connectivity index (χ4n) is 1.62. The van der Waals surface area contributed by atoms with Crippen molar-refractivity contribution >= 4 is 33.2 Å². The van der Waals surface area contributed by atoms with Crippen molar-refractivity contribution < 1.29 is 9.90 Å². The van der Waals surface area contributed by atoms with Crippen LogP contribution in [0.2, 0.25) is 0 Å². The average Bonchev–Trinajstić information content (AvgIpc) is 2.78. The van der Waals surface area contributed by atoms with Crippen molar-refractivity contribution in [1.82, 2.24) is 4.98 Å². The zero-order chi connectivity index (χ0) is 12.3. The molecule has 1 aromatic heterocycles. The van der Waals surface area contributed by atoms with Gasteiger partial charge in [0.2, 0.25) is 0 Å². The fraction of sp³-hybridized carbons (Fsp3) is 0.167. The van der Waals surface area contributed by atoms with E-state index in [1.807, 2.05) is 24.3 Å². The number of rotatable bonds is 4. The normalized spacial score (nSPS) is 12.3. The van der Waals surface area contributed by atoms with Crippen molar-refractivity contribution in [3.8, 4) is 0 Å². The Balaban J connectivity index is 2.26. The molecule has 2 aromatic rings. The molecule has 17 heavy (non-hydrogen) atoms. The third-order valence-electron chi connectivity index (χ3n) is 2.44. The summed E-state index contributed by atoms with van der Waals surface area (Å²) < 4.78 is 0.894. The van der Waals surface area contributed by atoms with E-state index in [1.165, 1.54) is 11.3 Å². The largest absolute Gasteiger partial charge is 0.481 e. The molecule has 88 valence electrons. The molecule has 0 aliphatic rings. The molecule has 1 heterocycles. The Morgan fingerprint density at radius 2 is 2.35 bits per heavy atom. The molecule has 0 spiro atoms. The van der Waals surface area contributed by atoms with Gasteiger partial charge in [0.25, 0.3) is 0 Å². The number of carbonyl (C=O) groups is 1. The van der Waals surface area contributed by atoms with Gasteiger partial charge in [0.05, 0.1) is 11.4 Å². The molecular formula is C12H10BrNO2S. The van der Waals surface area contributed by atoms with Crippen LogP contribution in [-0.4, -0.2) is 16.1 Å². The zero-order valence-corrected chi connectivity index (χ0v) is 11.2. The van der Waals surface area contributed by atoms with Crippen LogP contribution in [0.4, 0.5) is 0 Å². The molecular weight excluding hydrogens is 302 g/mol. The topological polar surface area (TPSA) is 50.2 Å². The molecule has 0 fully saturated rings. The number of halogens is 1. The number of hydrogen-bond donors (Lipinski definition) is 1. The van der Waals surface area contributed by atoms with Gasteiger partial charge in [-0.05, 0) is 17.7 Å². The van der Waals surface area contributed by atoms with E-state index in [0.717, 1.165) is 14.9 Å². The second-order valence-corrected chi connectivity index (χ2v) is 5.50.